The van der Waals surface area contributed by atoms with Crippen LogP contribution in [0.2, 0.25) is 0 Å². The van der Waals surface area contributed by atoms with Crippen molar-refractivity contribution in [2.24, 2.45) is 5.92 Å². The minimum Gasteiger partial charge on any atom is -1.00 e. The maximum atomic E-state index is 13.8. The van der Waals surface area contributed by atoms with Crippen LogP contribution in [0.25, 0.3) is 32.8 Å². The number of rotatable bonds is 6. The fourth-order valence-electron chi connectivity index (χ4n) is 5.25. The van der Waals surface area contributed by atoms with Gasteiger partial charge in [-0.25, -0.2) is 9.37 Å². The van der Waals surface area contributed by atoms with Gasteiger partial charge in [0.2, 0.25) is 11.0 Å². The van der Waals surface area contributed by atoms with E-state index in [0.717, 1.165) is 28.9 Å². The molecular weight excluding hydrogens is 486 g/mol. The summed E-state index contributed by atoms with van der Waals surface area (Å²) in [4.78, 5) is 3.56. The van der Waals surface area contributed by atoms with E-state index < -0.39 is 0 Å². The second-order valence-corrected chi connectivity index (χ2v) is 8.78. The highest BCUT2D eigenvalue weighted by atomic mass is 127. The van der Waals surface area contributed by atoms with Crippen molar-refractivity contribution in [3.63, 3.8) is 0 Å². The van der Waals surface area contributed by atoms with E-state index >= 15 is 0 Å². The average Bonchev–Trinajstić information content (AvgIpc) is 3.05. The summed E-state index contributed by atoms with van der Waals surface area (Å²) in [6.07, 6.45) is 12.5. The van der Waals surface area contributed by atoms with Crippen molar-refractivity contribution >= 4 is 32.8 Å². The van der Waals surface area contributed by atoms with Gasteiger partial charge in [-0.05, 0) is 42.7 Å². The van der Waals surface area contributed by atoms with Gasteiger partial charge in [-0.3, -0.25) is 0 Å². The lowest BCUT2D eigenvalue weighted by Crippen LogP contribution is -3.00. The van der Waals surface area contributed by atoms with Crippen LogP contribution >= 0.6 is 0 Å². The zero-order valence-electron chi connectivity index (χ0n) is 17.5. The van der Waals surface area contributed by atoms with Crippen molar-refractivity contribution in [1.82, 2.24) is 4.57 Å². The van der Waals surface area contributed by atoms with Crippen molar-refractivity contribution in [3.8, 4) is 0 Å². The fraction of sp³-hybridized carbons (Fsp3) is 0.423. The van der Waals surface area contributed by atoms with Crippen molar-refractivity contribution in [1.29, 1.82) is 0 Å². The Bertz CT molecular complexity index is 1140. The van der Waals surface area contributed by atoms with Gasteiger partial charge in [0, 0.05) is 12.6 Å². The lowest BCUT2D eigenvalue weighted by Gasteiger charge is -2.21. The SMILES string of the molecule is Fc1ccc2[nH+]c3c4ccccc4n(CCCCCC4CCCCC4)c3cc2c1.[I-]. The summed E-state index contributed by atoms with van der Waals surface area (Å²) >= 11 is 0. The van der Waals surface area contributed by atoms with Gasteiger partial charge >= 0.3 is 0 Å². The Balaban J connectivity index is 0.00000218. The van der Waals surface area contributed by atoms with Gasteiger partial charge in [0.1, 0.15) is 11.3 Å². The Kier molecular flexibility index (Phi) is 6.91. The van der Waals surface area contributed by atoms with E-state index in [-0.39, 0.29) is 29.8 Å². The number of unbranched alkanes of at least 4 members (excludes halogenated alkanes) is 2. The van der Waals surface area contributed by atoms with Crippen LogP contribution in [0.15, 0.2) is 48.5 Å². The summed E-state index contributed by atoms with van der Waals surface area (Å²) in [6.45, 7) is 1.02. The number of halogens is 2. The fourth-order valence-corrected chi connectivity index (χ4v) is 5.25. The number of hydrogen-bond acceptors (Lipinski definition) is 0. The molecule has 1 N–H and O–H groups in total. The number of nitrogens with one attached hydrogen (secondary N) is 1. The van der Waals surface area contributed by atoms with Crippen LogP contribution < -0.4 is 29.0 Å². The summed E-state index contributed by atoms with van der Waals surface area (Å²) in [6, 6.07) is 15.7. The molecule has 1 aliphatic carbocycles. The molecule has 1 saturated carbocycles. The third kappa shape index (κ3) is 4.34. The van der Waals surface area contributed by atoms with E-state index in [2.05, 4.69) is 39.9 Å². The first-order chi connectivity index (χ1) is 14.3. The number of fused-ring (bicyclic) bond motifs is 4. The van der Waals surface area contributed by atoms with Crippen LogP contribution in [-0.2, 0) is 6.54 Å². The summed E-state index contributed by atoms with van der Waals surface area (Å²) in [5.74, 6) is 0.795. The molecule has 0 unspecified atom stereocenters. The number of para-hydroxylation sites is 1. The third-order valence-corrected chi connectivity index (χ3v) is 6.80. The molecule has 30 heavy (non-hydrogen) atoms. The van der Waals surface area contributed by atoms with Crippen molar-refractivity contribution in [2.75, 3.05) is 0 Å². The lowest BCUT2D eigenvalue weighted by molar-refractivity contribution is -0.309. The van der Waals surface area contributed by atoms with Gasteiger partial charge in [0.05, 0.1) is 16.3 Å². The molecule has 0 atom stereocenters. The van der Waals surface area contributed by atoms with Gasteiger partial charge in [-0.2, -0.15) is 0 Å². The predicted octanol–water partition coefficient (Wildman–Crippen LogP) is 4.05. The molecule has 2 aromatic carbocycles. The Labute approximate surface area is 194 Å². The molecule has 4 heteroatoms. The molecule has 0 bridgehead atoms. The molecule has 0 spiro atoms. The van der Waals surface area contributed by atoms with Crippen LogP contribution in [0.3, 0.4) is 0 Å². The number of aryl methyl sites for hydroxylation is 1. The highest BCUT2D eigenvalue weighted by Gasteiger charge is 2.18. The first-order valence-corrected chi connectivity index (χ1v) is 11.3. The first kappa shape index (κ1) is 21.5. The standard InChI is InChI=1S/C26H29FN2.HI/c27-21-14-15-23-20(17-21)18-25-26(28-23)22-12-6-7-13-24(22)29(25)16-8-2-5-11-19-9-3-1-4-10-19;/h6-7,12-15,17-19H,1-5,8-11,16H2;1H. The monoisotopic (exact) mass is 516 g/mol. The van der Waals surface area contributed by atoms with Gasteiger partial charge < -0.3 is 28.5 Å². The number of benzene rings is 2. The summed E-state index contributed by atoms with van der Waals surface area (Å²) in [5.41, 5.74) is 4.58. The van der Waals surface area contributed by atoms with Crippen molar-refractivity contribution in [3.05, 3.63) is 54.3 Å². The number of aromatic amines is 1. The molecule has 2 nitrogen and oxygen atoms in total. The molecule has 5 rings (SSSR count). The minimum atomic E-state index is -0.185. The molecule has 2 aromatic heterocycles. The van der Waals surface area contributed by atoms with E-state index in [9.17, 15) is 4.39 Å². The molecule has 1 aliphatic rings. The summed E-state index contributed by atoms with van der Waals surface area (Å²) < 4.78 is 16.2. The molecule has 158 valence electrons. The molecular formula is C26H30FIN2. The number of H-pyrrole nitrogens is 1. The number of hydrogen-bond donors (Lipinski definition) is 0. The molecule has 4 aromatic rings. The highest BCUT2D eigenvalue weighted by Crippen LogP contribution is 2.30. The molecule has 0 amide bonds. The molecule has 0 aliphatic heterocycles. The summed E-state index contributed by atoms with van der Waals surface area (Å²) in [5, 5.41) is 2.18. The van der Waals surface area contributed by atoms with Gasteiger partial charge in [-0.15, -0.1) is 0 Å². The second-order valence-electron chi connectivity index (χ2n) is 8.78. The zero-order valence-corrected chi connectivity index (χ0v) is 19.6. The van der Waals surface area contributed by atoms with Crippen LogP contribution in [0.1, 0.15) is 57.8 Å². The Hall–Kier alpha value is -1.69. The normalized spacial score (nSPS) is 15.1. The van der Waals surface area contributed by atoms with E-state index in [4.69, 9.17) is 0 Å². The zero-order chi connectivity index (χ0) is 19.6. The second kappa shape index (κ2) is 9.63. The Morgan fingerprint density at radius 3 is 2.60 bits per heavy atom. The third-order valence-electron chi connectivity index (χ3n) is 6.80. The smallest absolute Gasteiger partial charge is 0.237 e. The topological polar surface area (TPSA) is 19.1 Å². The molecule has 0 saturated heterocycles. The molecule has 0 radical (unpaired) electrons. The number of pyridine rings is 1. The van der Waals surface area contributed by atoms with Gasteiger partial charge in [0.15, 0.2) is 0 Å². The molecule has 1 fully saturated rings. The Morgan fingerprint density at radius 2 is 1.73 bits per heavy atom. The maximum Gasteiger partial charge on any atom is 0.237 e. The van der Waals surface area contributed by atoms with E-state index in [1.54, 1.807) is 6.07 Å². The van der Waals surface area contributed by atoms with Crippen LogP contribution in [0, 0.1) is 11.7 Å². The Morgan fingerprint density at radius 1 is 0.900 bits per heavy atom. The minimum absolute atomic E-state index is 0. The average molecular weight is 516 g/mol. The van der Waals surface area contributed by atoms with Crippen LogP contribution in [0.4, 0.5) is 4.39 Å². The van der Waals surface area contributed by atoms with Gasteiger partial charge in [-0.1, -0.05) is 63.5 Å². The predicted molar refractivity (Wildman–Crippen MR) is 119 cm³/mol. The van der Waals surface area contributed by atoms with Crippen LogP contribution in [0.5, 0.6) is 0 Å². The van der Waals surface area contributed by atoms with E-state index in [1.807, 2.05) is 6.07 Å². The van der Waals surface area contributed by atoms with E-state index in [1.165, 1.54) is 80.3 Å². The van der Waals surface area contributed by atoms with E-state index in [0.29, 0.717) is 0 Å². The molecule has 2 heterocycles. The summed E-state index contributed by atoms with van der Waals surface area (Å²) in [7, 11) is 0. The van der Waals surface area contributed by atoms with Crippen molar-refractivity contribution < 1.29 is 33.4 Å². The maximum absolute atomic E-state index is 13.8. The quantitative estimate of drug-likeness (QED) is 0.272. The number of aromatic nitrogens is 2. The lowest BCUT2D eigenvalue weighted by atomic mass is 9.85. The number of nitrogens with zero attached hydrogens (tertiary/aromatic N) is 1. The van der Waals surface area contributed by atoms with Gasteiger partial charge in [0.25, 0.3) is 0 Å². The van der Waals surface area contributed by atoms with Crippen molar-refractivity contribution in [2.45, 2.75) is 64.3 Å². The largest absolute Gasteiger partial charge is 1.00 e. The van der Waals surface area contributed by atoms with Crippen LogP contribution in [-0.4, -0.2) is 4.57 Å². The first-order valence-electron chi connectivity index (χ1n) is 11.3. The highest BCUT2D eigenvalue weighted by molar-refractivity contribution is 6.06.